The predicted molar refractivity (Wildman–Crippen MR) is 53.1 cm³/mol. The molecule has 1 atom stereocenters. The first-order valence-electron chi connectivity index (χ1n) is 4.28. The molecule has 0 aromatic carbocycles. The molecule has 0 rings (SSSR count). The van der Waals surface area contributed by atoms with Crippen molar-refractivity contribution in [2.45, 2.75) is 19.4 Å². The zero-order valence-corrected chi connectivity index (χ0v) is 8.17. The molecule has 5 nitrogen and oxygen atoms in total. The second-order valence-electron chi connectivity index (χ2n) is 2.95. The van der Waals surface area contributed by atoms with E-state index in [0.29, 0.717) is 6.54 Å². The SMILES string of the molecule is C#CCNCC(=O)NC(C)CC(N)=O. The molecule has 0 radical (unpaired) electrons. The highest BCUT2D eigenvalue weighted by molar-refractivity contribution is 5.80. The average Bonchev–Trinajstić information content (AvgIpc) is 2.02. The second-order valence-corrected chi connectivity index (χ2v) is 2.95. The van der Waals surface area contributed by atoms with Gasteiger partial charge in [0.1, 0.15) is 0 Å². The lowest BCUT2D eigenvalue weighted by atomic mass is 10.2. The smallest absolute Gasteiger partial charge is 0.234 e. The lowest BCUT2D eigenvalue weighted by Crippen LogP contribution is -2.40. The monoisotopic (exact) mass is 197 g/mol. The van der Waals surface area contributed by atoms with Crippen LogP contribution in [0.3, 0.4) is 0 Å². The standard InChI is InChI=1S/C9H15N3O2/c1-3-4-11-6-9(14)12-7(2)5-8(10)13/h1,7,11H,4-6H2,2H3,(H2,10,13)(H,12,14). The van der Waals surface area contributed by atoms with Crippen molar-refractivity contribution < 1.29 is 9.59 Å². The Morgan fingerprint density at radius 2 is 2.21 bits per heavy atom. The summed E-state index contributed by atoms with van der Waals surface area (Å²) in [4.78, 5) is 21.6. The van der Waals surface area contributed by atoms with Crippen LogP contribution < -0.4 is 16.4 Å². The van der Waals surface area contributed by atoms with Crippen LogP contribution in [0.5, 0.6) is 0 Å². The van der Waals surface area contributed by atoms with Crippen molar-refractivity contribution in [3.05, 3.63) is 0 Å². The third kappa shape index (κ3) is 7.13. The van der Waals surface area contributed by atoms with Gasteiger partial charge >= 0.3 is 0 Å². The summed E-state index contributed by atoms with van der Waals surface area (Å²) >= 11 is 0. The second kappa shape index (κ2) is 6.92. The molecule has 0 aliphatic rings. The minimum Gasteiger partial charge on any atom is -0.370 e. The molecule has 78 valence electrons. The van der Waals surface area contributed by atoms with E-state index in [4.69, 9.17) is 12.2 Å². The van der Waals surface area contributed by atoms with Crippen molar-refractivity contribution >= 4 is 11.8 Å². The van der Waals surface area contributed by atoms with Crippen LogP contribution in [0.25, 0.3) is 0 Å². The number of nitrogens with one attached hydrogen (secondary N) is 2. The molecule has 0 aliphatic heterocycles. The Balaban J connectivity index is 3.61. The Kier molecular flexibility index (Phi) is 6.16. The fourth-order valence-corrected chi connectivity index (χ4v) is 0.927. The van der Waals surface area contributed by atoms with Crippen LogP contribution >= 0.6 is 0 Å². The molecular formula is C9H15N3O2. The van der Waals surface area contributed by atoms with Gasteiger partial charge in [-0.3, -0.25) is 14.9 Å². The summed E-state index contributed by atoms with van der Waals surface area (Å²) in [6, 6.07) is -0.243. The van der Waals surface area contributed by atoms with Crippen molar-refractivity contribution in [2.75, 3.05) is 13.1 Å². The number of amides is 2. The van der Waals surface area contributed by atoms with Gasteiger partial charge in [-0.05, 0) is 6.92 Å². The van der Waals surface area contributed by atoms with E-state index in [2.05, 4.69) is 16.6 Å². The lowest BCUT2D eigenvalue weighted by molar-refractivity contribution is -0.121. The number of hydrogen-bond acceptors (Lipinski definition) is 3. The lowest BCUT2D eigenvalue weighted by Gasteiger charge is -2.11. The summed E-state index contributed by atoms with van der Waals surface area (Å²) in [5.41, 5.74) is 4.96. The molecule has 0 aliphatic carbocycles. The molecule has 0 aromatic rings. The molecule has 14 heavy (non-hydrogen) atoms. The normalized spacial score (nSPS) is 11.4. The van der Waals surface area contributed by atoms with Gasteiger partial charge < -0.3 is 11.1 Å². The van der Waals surface area contributed by atoms with Gasteiger partial charge in [0.05, 0.1) is 13.1 Å². The van der Waals surface area contributed by atoms with Crippen molar-refractivity contribution in [1.82, 2.24) is 10.6 Å². The molecule has 0 spiro atoms. The van der Waals surface area contributed by atoms with Crippen LogP contribution in [0.15, 0.2) is 0 Å². The molecule has 0 saturated carbocycles. The Morgan fingerprint density at radius 1 is 1.57 bits per heavy atom. The molecule has 1 unspecified atom stereocenters. The van der Waals surface area contributed by atoms with Gasteiger partial charge in [0, 0.05) is 12.5 Å². The van der Waals surface area contributed by atoms with Gasteiger partial charge in [0.25, 0.3) is 0 Å². The van der Waals surface area contributed by atoms with E-state index in [-0.39, 0.29) is 24.9 Å². The van der Waals surface area contributed by atoms with E-state index in [1.807, 2.05) is 0 Å². The molecular weight excluding hydrogens is 182 g/mol. The first-order chi connectivity index (χ1) is 6.56. The maximum atomic E-state index is 11.1. The summed E-state index contributed by atoms with van der Waals surface area (Å²) in [5, 5.41) is 5.33. The molecule has 0 fully saturated rings. The zero-order valence-electron chi connectivity index (χ0n) is 8.17. The number of rotatable bonds is 6. The summed E-state index contributed by atoms with van der Waals surface area (Å²) in [5.74, 6) is 1.71. The van der Waals surface area contributed by atoms with Crippen LogP contribution in [0, 0.1) is 12.3 Å². The minimum atomic E-state index is -0.436. The summed E-state index contributed by atoms with van der Waals surface area (Å²) in [6.07, 6.45) is 5.12. The summed E-state index contributed by atoms with van der Waals surface area (Å²) in [6.45, 7) is 2.20. The third-order valence-corrected chi connectivity index (χ3v) is 1.43. The molecule has 4 N–H and O–H groups in total. The maximum Gasteiger partial charge on any atom is 0.234 e. The fourth-order valence-electron chi connectivity index (χ4n) is 0.927. The number of primary amides is 1. The van der Waals surface area contributed by atoms with E-state index in [0.717, 1.165) is 0 Å². The highest BCUT2D eigenvalue weighted by atomic mass is 16.2. The predicted octanol–water partition coefficient (Wildman–Crippen LogP) is -1.41. The molecule has 5 heteroatoms. The van der Waals surface area contributed by atoms with Crippen LogP contribution in [0.1, 0.15) is 13.3 Å². The Hall–Kier alpha value is -1.54. The van der Waals surface area contributed by atoms with Crippen molar-refractivity contribution in [3.63, 3.8) is 0 Å². The van der Waals surface area contributed by atoms with E-state index in [1.54, 1.807) is 6.92 Å². The topological polar surface area (TPSA) is 84.2 Å². The van der Waals surface area contributed by atoms with Gasteiger partial charge in [-0.15, -0.1) is 6.42 Å². The summed E-state index contributed by atoms with van der Waals surface area (Å²) in [7, 11) is 0. The third-order valence-electron chi connectivity index (χ3n) is 1.43. The Morgan fingerprint density at radius 3 is 2.71 bits per heavy atom. The van der Waals surface area contributed by atoms with Gasteiger partial charge in [-0.2, -0.15) is 0 Å². The van der Waals surface area contributed by atoms with Crippen LogP contribution in [0.4, 0.5) is 0 Å². The van der Waals surface area contributed by atoms with Crippen molar-refractivity contribution in [2.24, 2.45) is 5.73 Å². The van der Waals surface area contributed by atoms with Crippen molar-refractivity contribution in [3.8, 4) is 12.3 Å². The van der Waals surface area contributed by atoms with Gasteiger partial charge in [-0.25, -0.2) is 0 Å². The number of carbonyl (C=O) groups excluding carboxylic acids is 2. The fraction of sp³-hybridized carbons (Fsp3) is 0.556. The molecule has 0 bridgehead atoms. The van der Waals surface area contributed by atoms with E-state index < -0.39 is 5.91 Å². The molecule has 0 aromatic heterocycles. The number of hydrogen-bond donors (Lipinski definition) is 3. The molecule has 0 saturated heterocycles. The molecule has 2 amide bonds. The first kappa shape index (κ1) is 12.5. The van der Waals surface area contributed by atoms with E-state index in [9.17, 15) is 9.59 Å². The van der Waals surface area contributed by atoms with Gasteiger partial charge in [0.15, 0.2) is 0 Å². The highest BCUT2D eigenvalue weighted by Gasteiger charge is 2.08. The highest BCUT2D eigenvalue weighted by Crippen LogP contribution is 1.87. The van der Waals surface area contributed by atoms with Gasteiger partial charge in [-0.1, -0.05) is 5.92 Å². The number of nitrogens with two attached hydrogens (primary N) is 1. The maximum absolute atomic E-state index is 11.1. The number of terminal acetylenes is 1. The largest absolute Gasteiger partial charge is 0.370 e. The number of carbonyl (C=O) groups is 2. The van der Waals surface area contributed by atoms with Gasteiger partial charge in [0.2, 0.25) is 11.8 Å². The Bertz CT molecular complexity index is 245. The average molecular weight is 197 g/mol. The quantitative estimate of drug-likeness (QED) is 0.361. The summed E-state index contributed by atoms with van der Waals surface area (Å²) < 4.78 is 0. The first-order valence-corrected chi connectivity index (χ1v) is 4.28. The van der Waals surface area contributed by atoms with Crippen molar-refractivity contribution in [1.29, 1.82) is 0 Å². The van der Waals surface area contributed by atoms with Crippen LogP contribution in [-0.4, -0.2) is 30.9 Å². The van der Waals surface area contributed by atoms with E-state index >= 15 is 0 Å². The zero-order chi connectivity index (χ0) is 11.0. The minimum absolute atomic E-state index is 0.140. The Labute approximate surface area is 83.4 Å². The van der Waals surface area contributed by atoms with Crippen LogP contribution in [-0.2, 0) is 9.59 Å². The van der Waals surface area contributed by atoms with Crippen LogP contribution in [0.2, 0.25) is 0 Å². The molecule has 0 heterocycles. The van der Waals surface area contributed by atoms with E-state index in [1.165, 1.54) is 0 Å².